The van der Waals surface area contributed by atoms with Crippen molar-refractivity contribution in [2.75, 3.05) is 13.2 Å². The molecule has 5 nitrogen and oxygen atoms in total. The van der Waals surface area contributed by atoms with Crippen molar-refractivity contribution in [3.63, 3.8) is 0 Å². The van der Waals surface area contributed by atoms with Crippen molar-refractivity contribution >= 4 is 5.91 Å². The highest BCUT2D eigenvalue weighted by molar-refractivity contribution is 5.81. The third kappa shape index (κ3) is 5.56. The van der Waals surface area contributed by atoms with Crippen molar-refractivity contribution in [1.29, 1.82) is 0 Å². The van der Waals surface area contributed by atoms with Gasteiger partial charge in [-0.05, 0) is 44.4 Å². The molecular weight excluding hydrogens is 280 g/mol. The van der Waals surface area contributed by atoms with Gasteiger partial charge in [0, 0.05) is 0 Å². The first kappa shape index (κ1) is 18.3. The van der Waals surface area contributed by atoms with Crippen LogP contribution in [0.4, 0.5) is 0 Å². The molecule has 3 N–H and O–H groups in total. The second-order valence-corrected chi connectivity index (χ2v) is 5.42. The number of carbonyl (C=O) groups is 1. The van der Waals surface area contributed by atoms with Crippen LogP contribution in [0.3, 0.4) is 0 Å². The third-order valence-corrected chi connectivity index (χ3v) is 3.16. The first-order valence-electron chi connectivity index (χ1n) is 7.95. The van der Waals surface area contributed by atoms with Gasteiger partial charge >= 0.3 is 0 Å². The van der Waals surface area contributed by atoms with Crippen LogP contribution >= 0.6 is 0 Å². The fraction of sp³-hybridized carbons (Fsp3) is 0.588. The Morgan fingerprint density at radius 1 is 1.14 bits per heavy atom. The van der Waals surface area contributed by atoms with Crippen LogP contribution in [-0.4, -0.2) is 25.2 Å². The van der Waals surface area contributed by atoms with Crippen molar-refractivity contribution < 1.29 is 14.3 Å². The van der Waals surface area contributed by atoms with E-state index in [1.54, 1.807) is 6.92 Å². The number of carbonyl (C=O) groups excluding carboxylic acids is 1. The molecular formula is C17H28N2O3. The summed E-state index contributed by atoms with van der Waals surface area (Å²) in [5, 5.41) is 2.88. The lowest BCUT2D eigenvalue weighted by atomic mass is 10.1. The van der Waals surface area contributed by atoms with Gasteiger partial charge in [-0.1, -0.05) is 19.9 Å². The zero-order valence-corrected chi connectivity index (χ0v) is 14.0. The van der Waals surface area contributed by atoms with Gasteiger partial charge in [-0.15, -0.1) is 0 Å². The zero-order chi connectivity index (χ0) is 16.5. The van der Waals surface area contributed by atoms with E-state index in [1.165, 1.54) is 0 Å². The highest BCUT2D eigenvalue weighted by atomic mass is 16.5. The minimum absolute atomic E-state index is 0.136. The maximum atomic E-state index is 11.7. The monoisotopic (exact) mass is 308 g/mol. The molecule has 0 saturated heterocycles. The van der Waals surface area contributed by atoms with E-state index < -0.39 is 6.04 Å². The number of nitrogens with two attached hydrogens (primary N) is 1. The van der Waals surface area contributed by atoms with Crippen molar-refractivity contribution in [2.24, 2.45) is 5.73 Å². The van der Waals surface area contributed by atoms with Crippen molar-refractivity contribution in [1.82, 2.24) is 5.32 Å². The Kier molecular flexibility index (Phi) is 7.74. The molecule has 124 valence electrons. The molecule has 0 aliphatic rings. The molecule has 1 aromatic carbocycles. The van der Waals surface area contributed by atoms with Crippen molar-refractivity contribution in [3.8, 4) is 11.5 Å². The molecule has 0 aliphatic heterocycles. The van der Waals surface area contributed by atoms with Crippen LogP contribution in [-0.2, 0) is 4.79 Å². The van der Waals surface area contributed by atoms with E-state index in [0.29, 0.717) is 13.2 Å². The van der Waals surface area contributed by atoms with Crippen LogP contribution in [0.5, 0.6) is 11.5 Å². The van der Waals surface area contributed by atoms with Gasteiger partial charge in [0.1, 0.15) is 0 Å². The standard InChI is InChI=1S/C17H28N2O3/c1-5-9-21-15-8-7-14(11-16(15)22-10-6-2)13(4)19-17(20)12(3)18/h7-8,11-13H,5-6,9-10,18H2,1-4H3,(H,19,20)/t12-,13?/m1/s1. The average molecular weight is 308 g/mol. The molecule has 2 atom stereocenters. The van der Waals surface area contributed by atoms with Crippen LogP contribution in [0.2, 0.25) is 0 Å². The molecule has 0 fully saturated rings. The molecule has 0 saturated carbocycles. The molecule has 0 radical (unpaired) electrons. The molecule has 1 unspecified atom stereocenters. The first-order valence-corrected chi connectivity index (χ1v) is 7.95. The summed E-state index contributed by atoms with van der Waals surface area (Å²) >= 11 is 0. The van der Waals surface area contributed by atoms with E-state index in [0.717, 1.165) is 29.9 Å². The molecule has 0 aromatic heterocycles. The van der Waals surface area contributed by atoms with Gasteiger partial charge in [0.2, 0.25) is 5.91 Å². The maximum absolute atomic E-state index is 11.7. The molecule has 0 aliphatic carbocycles. The van der Waals surface area contributed by atoms with Gasteiger partial charge in [0.15, 0.2) is 11.5 Å². The molecule has 22 heavy (non-hydrogen) atoms. The lowest BCUT2D eigenvalue weighted by Crippen LogP contribution is -2.39. The summed E-state index contributed by atoms with van der Waals surface area (Å²) in [5.41, 5.74) is 6.54. The number of rotatable bonds is 9. The Morgan fingerprint density at radius 2 is 1.73 bits per heavy atom. The largest absolute Gasteiger partial charge is 0.490 e. The van der Waals surface area contributed by atoms with Crippen LogP contribution in [0, 0.1) is 0 Å². The van der Waals surface area contributed by atoms with Crippen LogP contribution < -0.4 is 20.5 Å². The summed E-state index contributed by atoms with van der Waals surface area (Å²) in [6, 6.07) is 5.10. The summed E-state index contributed by atoms with van der Waals surface area (Å²) in [5.74, 6) is 1.29. The Bertz CT molecular complexity index is 475. The van der Waals surface area contributed by atoms with Crippen LogP contribution in [0.25, 0.3) is 0 Å². The summed E-state index contributed by atoms with van der Waals surface area (Å²) < 4.78 is 11.5. The van der Waals surface area contributed by atoms with Gasteiger partial charge in [-0.2, -0.15) is 0 Å². The summed E-state index contributed by atoms with van der Waals surface area (Å²) in [4.78, 5) is 11.7. The third-order valence-electron chi connectivity index (χ3n) is 3.16. The summed E-state index contributed by atoms with van der Waals surface area (Å²) in [6.07, 6.45) is 1.87. The lowest BCUT2D eigenvalue weighted by Gasteiger charge is -2.18. The zero-order valence-electron chi connectivity index (χ0n) is 14.0. The van der Waals surface area contributed by atoms with Gasteiger partial charge in [-0.25, -0.2) is 0 Å². The quantitative estimate of drug-likeness (QED) is 0.735. The number of ether oxygens (including phenoxy) is 2. The van der Waals surface area contributed by atoms with Gasteiger partial charge in [0.05, 0.1) is 25.3 Å². The van der Waals surface area contributed by atoms with E-state index in [4.69, 9.17) is 15.2 Å². The fourth-order valence-electron chi connectivity index (χ4n) is 1.88. The number of nitrogens with one attached hydrogen (secondary N) is 1. The molecule has 0 heterocycles. The number of amides is 1. The number of hydrogen-bond donors (Lipinski definition) is 2. The van der Waals surface area contributed by atoms with Crippen LogP contribution in [0.15, 0.2) is 18.2 Å². The fourth-order valence-corrected chi connectivity index (χ4v) is 1.88. The molecule has 0 spiro atoms. The first-order chi connectivity index (χ1) is 10.5. The summed E-state index contributed by atoms with van der Waals surface area (Å²) in [7, 11) is 0. The Balaban J connectivity index is 2.89. The molecule has 5 heteroatoms. The summed E-state index contributed by atoms with van der Waals surface area (Å²) in [6.45, 7) is 8.99. The molecule has 0 bridgehead atoms. The lowest BCUT2D eigenvalue weighted by molar-refractivity contribution is -0.122. The Labute approximate surface area is 133 Å². The van der Waals surface area contributed by atoms with Gasteiger partial charge in [0.25, 0.3) is 0 Å². The Morgan fingerprint density at radius 3 is 2.27 bits per heavy atom. The maximum Gasteiger partial charge on any atom is 0.237 e. The van der Waals surface area contributed by atoms with E-state index >= 15 is 0 Å². The van der Waals surface area contributed by atoms with Crippen molar-refractivity contribution in [2.45, 2.75) is 52.6 Å². The second-order valence-electron chi connectivity index (χ2n) is 5.42. The Hall–Kier alpha value is -1.75. The van der Waals surface area contributed by atoms with Crippen molar-refractivity contribution in [3.05, 3.63) is 23.8 Å². The van der Waals surface area contributed by atoms with E-state index in [1.807, 2.05) is 25.1 Å². The van der Waals surface area contributed by atoms with E-state index in [-0.39, 0.29) is 11.9 Å². The molecule has 1 amide bonds. The van der Waals surface area contributed by atoms with E-state index in [2.05, 4.69) is 19.2 Å². The highest BCUT2D eigenvalue weighted by Crippen LogP contribution is 2.31. The SMILES string of the molecule is CCCOc1ccc(C(C)NC(=O)[C@@H](C)N)cc1OCCC. The smallest absolute Gasteiger partial charge is 0.237 e. The minimum atomic E-state index is -0.523. The van der Waals surface area contributed by atoms with Gasteiger partial charge in [-0.3, -0.25) is 4.79 Å². The normalized spacial score (nSPS) is 13.3. The number of benzene rings is 1. The topological polar surface area (TPSA) is 73.6 Å². The molecule has 1 aromatic rings. The minimum Gasteiger partial charge on any atom is -0.490 e. The van der Waals surface area contributed by atoms with E-state index in [9.17, 15) is 4.79 Å². The average Bonchev–Trinajstić information content (AvgIpc) is 2.50. The predicted molar refractivity (Wildman–Crippen MR) is 88.2 cm³/mol. The molecule has 1 rings (SSSR count). The second kappa shape index (κ2) is 9.30. The predicted octanol–water partition coefficient (Wildman–Crippen LogP) is 2.79. The van der Waals surface area contributed by atoms with Gasteiger partial charge < -0.3 is 20.5 Å². The van der Waals surface area contributed by atoms with Crippen LogP contribution in [0.1, 0.15) is 52.1 Å². The highest BCUT2D eigenvalue weighted by Gasteiger charge is 2.15. The number of hydrogen-bond acceptors (Lipinski definition) is 4.